The summed E-state index contributed by atoms with van der Waals surface area (Å²) < 4.78 is 0. The van der Waals surface area contributed by atoms with Gasteiger partial charge in [0.2, 0.25) is 0 Å². The van der Waals surface area contributed by atoms with Crippen LogP contribution in [0.1, 0.15) is 45.1 Å². The number of quaternary nitrogens is 1. The van der Waals surface area contributed by atoms with Crippen molar-refractivity contribution in [2.75, 3.05) is 13.2 Å². The first kappa shape index (κ1) is 17.0. The van der Waals surface area contributed by atoms with E-state index < -0.39 is 5.54 Å². The molecule has 1 saturated heterocycles. The number of nitrogens with one attached hydrogen (secondary N) is 2. The third-order valence-corrected chi connectivity index (χ3v) is 5.55. The average Bonchev–Trinajstić information content (AvgIpc) is 2.82. The van der Waals surface area contributed by atoms with Gasteiger partial charge in [0.1, 0.15) is 12.1 Å². The van der Waals surface area contributed by atoms with Crippen LogP contribution in [0.2, 0.25) is 0 Å². The minimum absolute atomic E-state index is 0.0154. The zero-order valence-electron chi connectivity index (χ0n) is 14.7. The van der Waals surface area contributed by atoms with Gasteiger partial charge >= 0.3 is 6.03 Å². The standard InChI is InChI=1S/C19H27N3O2/c1-3-21(13-16-7-5-4-6-8-16)14-22-17(23)19(20-18(22)24)11-9-15(2)10-12-19/h4-8,15H,3,9-14H2,1-2H3,(H,20,24)/p+1. The van der Waals surface area contributed by atoms with Crippen molar-refractivity contribution in [1.82, 2.24) is 10.2 Å². The molecule has 2 N–H and O–H groups in total. The Bertz CT molecular complexity index is 594. The summed E-state index contributed by atoms with van der Waals surface area (Å²) in [6, 6.07) is 10.0. The summed E-state index contributed by atoms with van der Waals surface area (Å²) in [4.78, 5) is 28.0. The highest BCUT2D eigenvalue weighted by atomic mass is 16.2. The van der Waals surface area contributed by atoms with Gasteiger partial charge in [0.25, 0.3) is 5.91 Å². The molecule has 24 heavy (non-hydrogen) atoms. The molecule has 1 aliphatic heterocycles. The van der Waals surface area contributed by atoms with Crippen LogP contribution in [-0.2, 0) is 11.3 Å². The van der Waals surface area contributed by atoms with Gasteiger partial charge in [-0.25, -0.2) is 9.69 Å². The first-order valence-electron chi connectivity index (χ1n) is 9.05. The molecule has 1 unspecified atom stereocenters. The van der Waals surface area contributed by atoms with E-state index in [1.54, 1.807) is 0 Å². The summed E-state index contributed by atoms with van der Waals surface area (Å²) in [5.41, 5.74) is 0.595. The third kappa shape index (κ3) is 3.31. The van der Waals surface area contributed by atoms with Gasteiger partial charge in [0.15, 0.2) is 6.67 Å². The van der Waals surface area contributed by atoms with E-state index in [0.717, 1.165) is 38.8 Å². The first-order valence-corrected chi connectivity index (χ1v) is 9.05. The Morgan fingerprint density at radius 3 is 2.50 bits per heavy atom. The van der Waals surface area contributed by atoms with E-state index >= 15 is 0 Å². The second-order valence-corrected chi connectivity index (χ2v) is 7.35. The fraction of sp³-hybridized carbons (Fsp3) is 0.579. The van der Waals surface area contributed by atoms with E-state index in [9.17, 15) is 9.59 Å². The Balaban J connectivity index is 1.67. The molecule has 1 aromatic rings. The van der Waals surface area contributed by atoms with Gasteiger partial charge in [-0.05, 0) is 38.5 Å². The maximum absolute atomic E-state index is 12.9. The van der Waals surface area contributed by atoms with E-state index in [1.807, 2.05) is 18.2 Å². The van der Waals surface area contributed by atoms with Crippen molar-refractivity contribution in [2.45, 2.75) is 51.6 Å². The summed E-state index contributed by atoms with van der Waals surface area (Å²) in [5, 5.41) is 3.01. The zero-order valence-corrected chi connectivity index (χ0v) is 14.7. The largest absolute Gasteiger partial charge is 0.329 e. The molecule has 130 valence electrons. The fourth-order valence-corrected chi connectivity index (χ4v) is 3.81. The second-order valence-electron chi connectivity index (χ2n) is 7.35. The van der Waals surface area contributed by atoms with Crippen LogP contribution in [0.4, 0.5) is 4.79 Å². The van der Waals surface area contributed by atoms with Crippen LogP contribution in [0.3, 0.4) is 0 Å². The molecule has 2 aliphatic rings. The van der Waals surface area contributed by atoms with Crippen molar-refractivity contribution in [3.8, 4) is 0 Å². The van der Waals surface area contributed by atoms with Crippen LogP contribution in [0.15, 0.2) is 30.3 Å². The van der Waals surface area contributed by atoms with Crippen molar-refractivity contribution in [2.24, 2.45) is 5.92 Å². The van der Waals surface area contributed by atoms with Crippen molar-refractivity contribution >= 4 is 11.9 Å². The monoisotopic (exact) mass is 330 g/mol. The predicted molar refractivity (Wildman–Crippen MR) is 92.3 cm³/mol. The lowest BCUT2D eigenvalue weighted by Gasteiger charge is -2.33. The second kappa shape index (κ2) is 6.93. The van der Waals surface area contributed by atoms with Crippen molar-refractivity contribution in [3.63, 3.8) is 0 Å². The maximum atomic E-state index is 12.9. The number of hydrogen-bond acceptors (Lipinski definition) is 2. The number of rotatable bonds is 5. The summed E-state index contributed by atoms with van der Waals surface area (Å²) in [7, 11) is 0. The Kier molecular flexibility index (Phi) is 4.90. The summed E-state index contributed by atoms with van der Waals surface area (Å²) in [6.07, 6.45) is 3.56. The smallest absolute Gasteiger partial charge is 0.323 e. The van der Waals surface area contributed by atoms with Crippen molar-refractivity contribution < 1.29 is 14.5 Å². The molecule has 3 rings (SSSR count). The van der Waals surface area contributed by atoms with Gasteiger partial charge in [-0.2, -0.15) is 0 Å². The Labute approximate surface area is 144 Å². The lowest BCUT2D eigenvalue weighted by atomic mass is 9.77. The SMILES string of the molecule is CC[NH+](Cc1ccccc1)CN1C(=O)NC2(CCC(C)CC2)C1=O. The Morgan fingerprint density at radius 1 is 1.21 bits per heavy atom. The lowest BCUT2D eigenvalue weighted by molar-refractivity contribution is -0.919. The number of benzene rings is 1. The molecule has 1 spiro atoms. The van der Waals surface area contributed by atoms with Crippen LogP contribution in [-0.4, -0.2) is 35.6 Å². The molecule has 1 atom stereocenters. The number of carbonyl (C=O) groups excluding carboxylic acids is 2. The number of carbonyl (C=O) groups is 2. The number of imide groups is 1. The molecule has 2 fully saturated rings. The van der Waals surface area contributed by atoms with Gasteiger partial charge in [-0.3, -0.25) is 4.79 Å². The number of urea groups is 1. The fourth-order valence-electron chi connectivity index (χ4n) is 3.81. The summed E-state index contributed by atoms with van der Waals surface area (Å²) >= 11 is 0. The van der Waals surface area contributed by atoms with Gasteiger partial charge in [-0.1, -0.05) is 37.3 Å². The van der Waals surface area contributed by atoms with Gasteiger partial charge < -0.3 is 10.2 Å². The van der Waals surface area contributed by atoms with Crippen molar-refractivity contribution in [3.05, 3.63) is 35.9 Å². The highest BCUT2D eigenvalue weighted by Gasteiger charge is 2.52. The number of amides is 3. The van der Waals surface area contributed by atoms with Crippen LogP contribution < -0.4 is 10.2 Å². The molecule has 5 nitrogen and oxygen atoms in total. The molecule has 1 saturated carbocycles. The van der Waals surface area contributed by atoms with Crippen LogP contribution in [0.25, 0.3) is 0 Å². The van der Waals surface area contributed by atoms with Crippen LogP contribution in [0, 0.1) is 5.92 Å². The number of nitrogens with zero attached hydrogens (tertiary/aromatic N) is 1. The highest BCUT2D eigenvalue weighted by Crippen LogP contribution is 2.35. The predicted octanol–water partition coefficient (Wildman–Crippen LogP) is 1.55. The molecule has 0 bridgehead atoms. The molecule has 1 heterocycles. The number of hydrogen-bond donors (Lipinski definition) is 2. The molecule has 3 amide bonds. The minimum Gasteiger partial charge on any atom is -0.323 e. The highest BCUT2D eigenvalue weighted by molar-refractivity contribution is 6.06. The molecule has 5 heteroatoms. The molecule has 0 aromatic heterocycles. The zero-order chi connectivity index (χ0) is 17.2. The van der Waals surface area contributed by atoms with Gasteiger partial charge in [-0.15, -0.1) is 0 Å². The maximum Gasteiger partial charge on any atom is 0.329 e. The van der Waals surface area contributed by atoms with Gasteiger partial charge in [0.05, 0.1) is 6.54 Å². The van der Waals surface area contributed by atoms with Crippen molar-refractivity contribution in [1.29, 1.82) is 0 Å². The minimum atomic E-state index is -0.630. The molecule has 0 radical (unpaired) electrons. The average molecular weight is 330 g/mol. The Morgan fingerprint density at radius 2 is 1.88 bits per heavy atom. The van der Waals surface area contributed by atoms with Crippen LogP contribution in [0.5, 0.6) is 0 Å². The summed E-state index contributed by atoms with van der Waals surface area (Å²) in [6.45, 7) is 6.44. The van der Waals surface area contributed by atoms with E-state index in [2.05, 4.69) is 31.3 Å². The summed E-state index contributed by atoms with van der Waals surface area (Å²) in [5.74, 6) is 0.628. The first-order chi connectivity index (χ1) is 11.5. The lowest BCUT2D eigenvalue weighted by Crippen LogP contribution is -3.12. The topological polar surface area (TPSA) is 53.9 Å². The van der Waals surface area contributed by atoms with Gasteiger partial charge in [0, 0.05) is 5.56 Å². The van der Waals surface area contributed by atoms with E-state index in [4.69, 9.17) is 0 Å². The van der Waals surface area contributed by atoms with E-state index in [-0.39, 0.29) is 11.9 Å². The quantitative estimate of drug-likeness (QED) is 0.805. The molecular formula is C19H28N3O2+. The Hall–Kier alpha value is -1.88. The van der Waals surface area contributed by atoms with E-state index in [0.29, 0.717) is 12.6 Å². The molecule has 1 aliphatic carbocycles. The van der Waals surface area contributed by atoms with E-state index in [1.165, 1.54) is 15.4 Å². The molecular weight excluding hydrogens is 302 g/mol. The third-order valence-electron chi connectivity index (χ3n) is 5.55. The molecule has 1 aromatic carbocycles. The normalized spacial score (nSPS) is 28.2. The van der Waals surface area contributed by atoms with Crippen LogP contribution >= 0.6 is 0 Å².